The van der Waals surface area contributed by atoms with E-state index in [0.29, 0.717) is 12.4 Å². The van der Waals surface area contributed by atoms with Crippen molar-refractivity contribution in [2.75, 3.05) is 11.9 Å². The summed E-state index contributed by atoms with van der Waals surface area (Å²) in [5.74, 6) is 0.270. The maximum Gasteiger partial charge on any atom is 0.342 e. The third-order valence-corrected chi connectivity index (χ3v) is 3.87. The van der Waals surface area contributed by atoms with E-state index < -0.39 is 11.2 Å². The van der Waals surface area contributed by atoms with Crippen molar-refractivity contribution in [3.05, 3.63) is 86.6 Å². The number of nitrogens with zero attached hydrogens (tertiary/aromatic N) is 2. The van der Waals surface area contributed by atoms with Crippen molar-refractivity contribution in [1.82, 2.24) is 20.6 Å². The van der Waals surface area contributed by atoms with Crippen molar-refractivity contribution in [1.29, 1.82) is 0 Å². The number of ether oxygens (including phenoxy) is 1. The lowest BCUT2D eigenvalue weighted by atomic mass is 10.2. The fourth-order valence-electron chi connectivity index (χ4n) is 2.42. The molecule has 3 aromatic rings. The van der Waals surface area contributed by atoms with Crippen LogP contribution in [0.25, 0.3) is 0 Å². The number of nitrogens with one attached hydrogen (secondary N) is 4. The summed E-state index contributed by atoms with van der Waals surface area (Å²) in [6.45, 7) is 0.602. The first-order valence-electron chi connectivity index (χ1n) is 9.12. The van der Waals surface area contributed by atoms with E-state index in [-0.39, 0.29) is 24.7 Å². The number of hydrogen-bond donors (Lipinski definition) is 4. The van der Waals surface area contributed by atoms with Gasteiger partial charge >= 0.3 is 5.69 Å². The molecule has 10 heteroatoms. The molecule has 30 heavy (non-hydrogen) atoms. The highest BCUT2D eigenvalue weighted by Crippen LogP contribution is 2.14. The number of benzene rings is 2. The number of carbonyl (C=O) groups excluding carboxylic acids is 1. The fourth-order valence-corrected chi connectivity index (χ4v) is 2.42. The summed E-state index contributed by atoms with van der Waals surface area (Å²) in [6, 6.07) is 17.2. The van der Waals surface area contributed by atoms with Crippen molar-refractivity contribution in [2.24, 2.45) is 5.10 Å². The van der Waals surface area contributed by atoms with Gasteiger partial charge in [-0.25, -0.2) is 15.3 Å². The second-order valence-corrected chi connectivity index (χ2v) is 6.17. The minimum atomic E-state index is -0.702. The highest BCUT2D eigenvalue weighted by atomic mass is 16.5. The molecular formula is C20H20N6O4. The minimum absolute atomic E-state index is 0.0534. The van der Waals surface area contributed by atoms with Gasteiger partial charge in [0.1, 0.15) is 12.4 Å². The molecule has 1 heterocycles. The molecular weight excluding hydrogens is 388 g/mol. The van der Waals surface area contributed by atoms with Crippen LogP contribution in [0.1, 0.15) is 17.5 Å². The van der Waals surface area contributed by atoms with Crippen molar-refractivity contribution in [2.45, 2.75) is 13.0 Å². The molecule has 0 saturated heterocycles. The maximum absolute atomic E-state index is 11.8. The van der Waals surface area contributed by atoms with Gasteiger partial charge in [0.05, 0.1) is 6.21 Å². The lowest BCUT2D eigenvalue weighted by Crippen LogP contribution is -2.28. The Balaban J connectivity index is 1.43. The van der Waals surface area contributed by atoms with Crippen LogP contribution in [0.2, 0.25) is 0 Å². The zero-order valence-corrected chi connectivity index (χ0v) is 15.9. The van der Waals surface area contributed by atoms with Gasteiger partial charge in [-0.1, -0.05) is 42.5 Å². The Hall–Kier alpha value is -4.21. The average Bonchev–Trinajstić information content (AvgIpc) is 2.75. The predicted molar refractivity (Wildman–Crippen MR) is 112 cm³/mol. The molecule has 0 aliphatic rings. The van der Waals surface area contributed by atoms with Gasteiger partial charge in [-0.2, -0.15) is 5.10 Å². The molecule has 2 aromatic carbocycles. The van der Waals surface area contributed by atoms with Crippen LogP contribution in [0.5, 0.6) is 5.75 Å². The van der Waals surface area contributed by atoms with Gasteiger partial charge in [0.25, 0.3) is 5.56 Å². The lowest BCUT2D eigenvalue weighted by Gasteiger charge is -2.06. The number of hydrazone groups is 1. The standard InChI is InChI=1S/C20H20N6O4/c27-17(9-10-21-18-19(28)23-20(29)26-25-18)24-22-12-15-7-4-8-16(11-15)30-13-14-5-2-1-3-6-14/h1-8,11-12H,9-10,13H2,(H,21,25)(H,24,27)(H2,23,26,28,29)/b22-12+. The van der Waals surface area contributed by atoms with Crippen molar-refractivity contribution in [3.8, 4) is 5.75 Å². The predicted octanol–water partition coefficient (Wildman–Crippen LogP) is 0.990. The summed E-state index contributed by atoms with van der Waals surface area (Å²) < 4.78 is 5.76. The molecule has 0 saturated carbocycles. The normalized spacial score (nSPS) is 10.7. The zero-order chi connectivity index (χ0) is 21.2. The fraction of sp³-hybridized carbons (Fsp3) is 0.150. The lowest BCUT2D eigenvalue weighted by molar-refractivity contribution is -0.120. The van der Waals surface area contributed by atoms with E-state index in [4.69, 9.17) is 4.74 Å². The molecule has 154 valence electrons. The van der Waals surface area contributed by atoms with Crippen molar-refractivity contribution < 1.29 is 9.53 Å². The van der Waals surface area contributed by atoms with Crippen LogP contribution in [-0.4, -0.2) is 33.8 Å². The molecule has 1 aromatic heterocycles. The molecule has 0 atom stereocenters. The van der Waals surface area contributed by atoms with Crippen LogP contribution in [0.15, 0.2) is 69.3 Å². The van der Waals surface area contributed by atoms with Gasteiger partial charge in [0, 0.05) is 13.0 Å². The van der Waals surface area contributed by atoms with E-state index in [1.165, 1.54) is 6.21 Å². The first kappa shape index (κ1) is 20.5. The van der Waals surface area contributed by atoms with Gasteiger partial charge in [-0.15, -0.1) is 5.10 Å². The van der Waals surface area contributed by atoms with Crippen LogP contribution in [0, 0.1) is 0 Å². The number of amides is 1. The van der Waals surface area contributed by atoms with Crippen LogP contribution in [-0.2, 0) is 11.4 Å². The van der Waals surface area contributed by atoms with Crippen molar-refractivity contribution in [3.63, 3.8) is 0 Å². The Bertz CT molecular complexity index is 1120. The monoisotopic (exact) mass is 408 g/mol. The maximum atomic E-state index is 11.8. The zero-order valence-electron chi connectivity index (χ0n) is 15.9. The number of H-pyrrole nitrogens is 2. The number of hydrogen-bond acceptors (Lipinski definition) is 7. The summed E-state index contributed by atoms with van der Waals surface area (Å²) in [7, 11) is 0. The third kappa shape index (κ3) is 6.44. The molecule has 4 N–H and O–H groups in total. The Labute approximate surface area is 171 Å². The SMILES string of the molecule is O=C(CCNc1n[nH]c(=O)[nH]c1=O)N/N=C/c1cccc(OCc2ccccc2)c1. The molecule has 0 radical (unpaired) electrons. The highest BCUT2D eigenvalue weighted by Gasteiger charge is 2.04. The first-order valence-corrected chi connectivity index (χ1v) is 9.12. The van der Waals surface area contributed by atoms with Crippen LogP contribution in [0.3, 0.4) is 0 Å². The molecule has 0 unspecified atom stereocenters. The number of aromatic amines is 2. The van der Waals surface area contributed by atoms with E-state index >= 15 is 0 Å². The molecule has 3 rings (SSSR count). The molecule has 0 fully saturated rings. The Kier molecular flexibility index (Phi) is 7.09. The van der Waals surface area contributed by atoms with E-state index in [1.807, 2.05) is 59.6 Å². The Morgan fingerprint density at radius 2 is 1.97 bits per heavy atom. The second-order valence-electron chi connectivity index (χ2n) is 6.17. The largest absolute Gasteiger partial charge is 0.489 e. The summed E-state index contributed by atoms with van der Waals surface area (Å²) in [5.41, 5.74) is 2.87. The van der Waals surface area contributed by atoms with Crippen LogP contribution >= 0.6 is 0 Å². The average molecular weight is 408 g/mol. The quantitative estimate of drug-likeness (QED) is 0.307. The molecule has 1 amide bonds. The molecule has 0 aliphatic heterocycles. The molecule has 0 bridgehead atoms. The van der Waals surface area contributed by atoms with E-state index in [0.717, 1.165) is 11.1 Å². The Morgan fingerprint density at radius 1 is 1.13 bits per heavy atom. The van der Waals surface area contributed by atoms with E-state index in [9.17, 15) is 14.4 Å². The number of rotatable bonds is 9. The number of carbonyl (C=O) groups is 1. The highest BCUT2D eigenvalue weighted by molar-refractivity contribution is 5.82. The number of aromatic nitrogens is 3. The number of anilines is 1. The molecule has 10 nitrogen and oxygen atoms in total. The van der Waals surface area contributed by atoms with Gasteiger partial charge in [0.15, 0.2) is 0 Å². The first-order chi connectivity index (χ1) is 14.6. The smallest absolute Gasteiger partial charge is 0.342 e. The van der Waals surface area contributed by atoms with Gasteiger partial charge in [-0.05, 0) is 23.3 Å². The van der Waals surface area contributed by atoms with Gasteiger partial charge in [-0.3, -0.25) is 14.6 Å². The van der Waals surface area contributed by atoms with Gasteiger partial charge in [0.2, 0.25) is 11.7 Å². The van der Waals surface area contributed by atoms with Crippen molar-refractivity contribution >= 4 is 17.9 Å². The molecule has 0 aliphatic carbocycles. The summed E-state index contributed by atoms with van der Waals surface area (Å²) in [6.07, 6.45) is 1.56. The summed E-state index contributed by atoms with van der Waals surface area (Å²) >= 11 is 0. The van der Waals surface area contributed by atoms with E-state index in [1.54, 1.807) is 0 Å². The summed E-state index contributed by atoms with van der Waals surface area (Å²) in [5, 5.41) is 12.2. The van der Waals surface area contributed by atoms with Crippen LogP contribution < -0.4 is 26.7 Å². The molecule has 0 spiro atoms. The summed E-state index contributed by atoms with van der Waals surface area (Å²) in [4.78, 5) is 36.2. The van der Waals surface area contributed by atoms with E-state index in [2.05, 4.69) is 26.0 Å². The third-order valence-electron chi connectivity index (χ3n) is 3.87. The van der Waals surface area contributed by atoms with Crippen LogP contribution in [0.4, 0.5) is 5.82 Å². The topological polar surface area (TPSA) is 141 Å². The second kappa shape index (κ2) is 10.4. The van der Waals surface area contributed by atoms with Gasteiger partial charge < -0.3 is 10.1 Å². The minimum Gasteiger partial charge on any atom is -0.489 e. The Morgan fingerprint density at radius 3 is 2.77 bits per heavy atom.